The summed E-state index contributed by atoms with van der Waals surface area (Å²) >= 11 is 0. The van der Waals surface area contributed by atoms with E-state index in [2.05, 4.69) is 13.1 Å². The lowest BCUT2D eigenvalue weighted by molar-refractivity contribution is 0.0679. The van der Waals surface area contributed by atoms with Crippen molar-refractivity contribution in [1.82, 2.24) is 4.90 Å². The number of fused-ring (bicyclic) bond motifs is 1. The van der Waals surface area contributed by atoms with Gasteiger partial charge >= 0.3 is 0 Å². The highest BCUT2D eigenvalue weighted by Crippen LogP contribution is 2.22. The van der Waals surface area contributed by atoms with Gasteiger partial charge in [0.15, 0.2) is 0 Å². The minimum Gasteiger partial charge on any atom is -0.278 e. The maximum Gasteiger partial charge on any atom is 0.261 e. The van der Waals surface area contributed by atoms with Crippen LogP contribution in [0.5, 0.6) is 0 Å². The summed E-state index contributed by atoms with van der Waals surface area (Å²) in [6.45, 7) is 4.18. The first-order valence-electron chi connectivity index (χ1n) is 4.85. The van der Waals surface area contributed by atoms with Crippen LogP contribution in [0.1, 0.15) is 20.7 Å². The van der Waals surface area contributed by atoms with Crippen molar-refractivity contribution in [3.63, 3.8) is 0 Å². The molecule has 3 nitrogen and oxygen atoms in total. The molecule has 0 N–H and O–H groups in total. The summed E-state index contributed by atoms with van der Waals surface area (Å²) < 4.78 is 0. The van der Waals surface area contributed by atoms with Gasteiger partial charge in [-0.2, -0.15) is 0 Å². The second-order valence-electron chi connectivity index (χ2n) is 3.95. The van der Waals surface area contributed by atoms with Gasteiger partial charge in [0.25, 0.3) is 11.8 Å². The van der Waals surface area contributed by atoms with E-state index in [-0.39, 0.29) is 11.8 Å². The molecule has 0 aromatic heterocycles. The molecule has 0 saturated heterocycles. The Morgan fingerprint density at radius 1 is 1.07 bits per heavy atom. The normalized spacial score (nSPS) is 15.0. The minimum absolute atomic E-state index is 0.137. The van der Waals surface area contributed by atoms with Crippen LogP contribution >= 0.6 is 0 Å². The smallest absolute Gasteiger partial charge is 0.261 e. The van der Waals surface area contributed by atoms with Gasteiger partial charge in [-0.15, -0.1) is 0 Å². The Hall–Kier alpha value is -1.42. The van der Waals surface area contributed by atoms with Crippen molar-refractivity contribution in [3.8, 4) is 0 Å². The summed E-state index contributed by atoms with van der Waals surface area (Å²) in [7, 11) is -0.615. The molecule has 0 atom stereocenters. The molecular formula is C11H12NO2Si. The molecule has 0 saturated carbocycles. The number of nitrogens with zero attached hydrogens (tertiary/aromatic N) is 1. The highest BCUT2D eigenvalue weighted by atomic mass is 28.3. The number of hydrogen-bond acceptors (Lipinski definition) is 2. The zero-order valence-electron chi connectivity index (χ0n) is 8.78. The third-order valence-electron chi connectivity index (χ3n) is 2.35. The Morgan fingerprint density at radius 3 is 1.93 bits per heavy atom. The van der Waals surface area contributed by atoms with Gasteiger partial charge in [-0.1, -0.05) is 25.2 Å². The second kappa shape index (κ2) is 3.62. The molecule has 1 heterocycles. The van der Waals surface area contributed by atoms with E-state index in [9.17, 15) is 9.59 Å². The van der Waals surface area contributed by atoms with E-state index in [4.69, 9.17) is 0 Å². The van der Waals surface area contributed by atoms with E-state index >= 15 is 0 Å². The fraction of sp³-hybridized carbons (Fsp3) is 0.273. The number of hydrogen-bond donors (Lipinski definition) is 0. The van der Waals surface area contributed by atoms with Crippen molar-refractivity contribution >= 4 is 20.6 Å². The van der Waals surface area contributed by atoms with Gasteiger partial charge in [0, 0.05) is 6.17 Å². The molecule has 0 fully saturated rings. The van der Waals surface area contributed by atoms with E-state index < -0.39 is 8.80 Å². The van der Waals surface area contributed by atoms with Crippen LogP contribution < -0.4 is 0 Å². The Balaban J connectivity index is 2.37. The quantitative estimate of drug-likeness (QED) is 0.558. The highest BCUT2D eigenvalue weighted by molar-refractivity contribution is 6.56. The first-order chi connectivity index (χ1) is 7.11. The Bertz CT molecular complexity index is 393. The molecule has 1 aromatic carbocycles. The van der Waals surface area contributed by atoms with Crippen molar-refractivity contribution in [3.05, 3.63) is 35.4 Å². The van der Waals surface area contributed by atoms with Crippen LogP contribution in [0.4, 0.5) is 0 Å². The molecule has 15 heavy (non-hydrogen) atoms. The molecule has 4 heteroatoms. The van der Waals surface area contributed by atoms with Crippen LogP contribution in [-0.4, -0.2) is 31.7 Å². The minimum atomic E-state index is -0.615. The molecule has 0 bridgehead atoms. The number of amides is 2. The molecule has 2 amide bonds. The van der Waals surface area contributed by atoms with Crippen molar-refractivity contribution in [2.45, 2.75) is 13.1 Å². The van der Waals surface area contributed by atoms with Gasteiger partial charge in [-0.05, 0) is 12.1 Å². The number of rotatable bonds is 2. The zero-order valence-corrected chi connectivity index (χ0v) is 9.78. The number of carbonyl (C=O) groups excluding carboxylic acids is 2. The van der Waals surface area contributed by atoms with Crippen LogP contribution in [0.25, 0.3) is 0 Å². The number of imide groups is 1. The van der Waals surface area contributed by atoms with Gasteiger partial charge in [0.1, 0.15) is 0 Å². The maximum absolute atomic E-state index is 11.9. The van der Waals surface area contributed by atoms with Gasteiger partial charge in [0.2, 0.25) is 0 Å². The molecule has 1 aliphatic rings. The lowest BCUT2D eigenvalue weighted by Gasteiger charge is -2.14. The molecule has 0 spiro atoms. The number of carbonyl (C=O) groups is 2. The summed E-state index contributed by atoms with van der Waals surface area (Å²) in [6, 6.07) is 7.01. The van der Waals surface area contributed by atoms with Crippen LogP contribution in [-0.2, 0) is 0 Å². The van der Waals surface area contributed by atoms with Crippen molar-refractivity contribution in [2.75, 3.05) is 6.17 Å². The molecule has 1 radical (unpaired) electrons. The van der Waals surface area contributed by atoms with Crippen molar-refractivity contribution < 1.29 is 9.59 Å². The fourth-order valence-electron chi connectivity index (χ4n) is 1.70. The molecule has 1 aliphatic heterocycles. The summed E-state index contributed by atoms with van der Waals surface area (Å²) in [5, 5.41) is 0. The lowest BCUT2D eigenvalue weighted by atomic mass is 10.1. The fourth-order valence-corrected chi connectivity index (χ4v) is 2.62. The lowest BCUT2D eigenvalue weighted by Crippen LogP contribution is -2.36. The van der Waals surface area contributed by atoms with Gasteiger partial charge in [-0.25, -0.2) is 0 Å². The zero-order chi connectivity index (χ0) is 11.0. The molecule has 0 aliphatic carbocycles. The Labute approximate surface area is 90.3 Å². The van der Waals surface area contributed by atoms with E-state index in [1.165, 1.54) is 4.90 Å². The average Bonchev–Trinajstić information content (AvgIpc) is 2.44. The summed E-state index contributed by atoms with van der Waals surface area (Å²) in [5.41, 5.74) is 1.09. The third kappa shape index (κ3) is 1.61. The van der Waals surface area contributed by atoms with Crippen LogP contribution in [0.15, 0.2) is 24.3 Å². The van der Waals surface area contributed by atoms with Gasteiger partial charge in [0.05, 0.1) is 19.9 Å². The van der Waals surface area contributed by atoms with Crippen molar-refractivity contribution in [1.29, 1.82) is 0 Å². The predicted molar refractivity (Wildman–Crippen MR) is 59.3 cm³/mol. The largest absolute Gasteiger partial charge is 0.278 e. The van der Waals surface area contributed by atoms with Gasteiger partial charge < -0.3 is 0 Å². The molecule has 2 rings (SSSR count). The van der Waals surface area contributed by atoms with E-state index in [1.54, 1.807) is 24.3 Å². The monoisotopic (exact) mass is 218 g/mol. The van der Waals surface area contributed by atoms with Crippen LogP contribution in [0, 0.1) is 0 Å². The summed E-state index contributed by atoms with van der Waals surface area (Å²) in [5.74, 6) is -0.274. The van der Waals surface area contributed by atoms with E-state index in [1.807, 2.05) is 0 Å². The summed E-state index contributed by atoms with van der Waals surface area (Å²) in [6.07, 6.45) is 0.594. The number of benzene rings is 1. The average molecular weight is 218 g/mol. The first kappa shape index (κ1) is 10.1. The maximum atomic E-state index is 11.9. The summed E-state index contributed by atoms with van der Waals surface area (Å²) in [4.78, 5) is 25.1. The third-order valence-corrected chi connectivity index (χ3v) is 3.30. The van der Waals surface area contributed by atoms with E-state index in [0.717, 1.165) is 0 Å². The highest BCUT2D eigenvalue weighted by Gasteiger charge is 2.35. The van der Waals surface area contributed by atoms with Crippen LogP contribution in [0.2, 0.25) is 13.1 Å². The molecule has 1 aromatic rings. The van der Waals surface area contributed by atoms with Crippen molar-refractivity contribution in [2.24, 2.45) is 0 Å². The van der Waals surface area contributed by atoms with E-state index in [0.29, 0.717) is 17.3 Å². The first-order valence-corrected chi connectivity index (χ1v) is 7.56. The SMILES string of the molecule is C[Si](C)CN1C(=O)c2ccccc2C1=O. The molecule has 0 unspecified atom stereocenters. The standard InChI is InChI=1S/C11H12NO2Si/c1-15(2)7-12-10(13)8-5-3-4-6-9(8)11(12)14/h3-6H,7H2,1-2H3. The molecular weight excluding hydrogens is 206 g/mol. The molecule has 77 valence electrons. The van der Waals surface area contributed by atoms with Gasteiger partial charge in [-0.3, -0.25) is 14.5 Å². The Kier molecular flexibility index (Phi) is 2.44. The Morgan fingerprint density at radius 2 is 1.53 bits per heavy atom. The topological polar surface area (TPSA) is 37.4 Å². The van der Waals surface area contributed by atoms with Crippen LogP contribution in [0.3, 0.4) is 0 Å². The predicted octanol–water partition coefficient (Wildman–Crippen LogP) is 1.58. The second-order valence-corrected chi connectivity index (χ2v) is 6.68.